The molecule has 1 amide bonds. The number of aliphatic carboxylic acids is 1. The molecule has 0 aliphatic rings. The van der Waals surface area contributed by atoms with Crippen molar-refractivity contribution in [3.63, 3.8) is 0 Å². The Morgan fingerprint density at radius 2 is 2.36 bits per heavy atom. The van der Waals surface area contributed by atoms with Crippen molar-refractivity contribution in [2.75, 3.05) is 6.67 Å². The van der Waals surface area contributed by atoms with Gasteiger partial charge in [0.1, 0.15) is 6.67 Å². The van der Waals surface area contributed by atoms with Gasteiger partial charge in [-0.15, -0.1) is 11.3 Å². The van der Waals surface area contributed by atoms with Gasteiger partial charge in [0.2, 0.25) is 0 Å². The first-order chi connectivity index (χ1) is 6.65. The summed E-state index contributed by atoms with van der Waals surface area (Å²) in [6.07, 6.45) is 0. The molecule has 0 saturated carbocycles. The van der Waals surface area contributed by atoms with Crippen LogP contribution >= 0.6 is 11.3 Å². The van der Waals surface area contributed by atoms with Crippen LogP contribution in [0.2, 0.25) is 0 Å². The van der Waals surface area contributed by atoms with Gasteiger partial charge in [0.15, 0.2) is 6.04 Å². The van der Waals surface area contributed by atoms with E-state index in [1.165, 1.54) is 17.4 Å². The van der Waals surface area contributed by atoms with Crippen LogP contribution < -0.4 is 5.32 Å². The van der Waals surface area contributed by atoms with E-state index in [0.29, 0.717) is 4.88 Å². The SMILES string of the molecule is O=C(NC(CF)C(=O)O)c1cccs1. The molecule has 1 atom stereocenters. The fourth-order valence-corrected chi connectivity index (χ4v) is 1.43. The van der Waals surface area contributed by atoms with Crippen LogP contribution in [0.5, 0.6) is 0 Å². The van der Waals surface area contributed by atoms with Gasteiger partial charge in [-0.25, -0.2) is 9.18 Å². The summed E-state index contributed by atoms with van der Waals surface area (Å²) >= 11 is 1.17. The van der Waals surface area contributed by atoms with Gasteiger partial charge < -0.3 is 10.4 Å². The molecular formula is C8H8FNO3S. The quantitative estimate of drug-likeness (QED) is 0.787. The van der Waals surface area contributed by atoms with Crippen LogP contribution in [0.15, 0.2) is 17.5 Å². The Morgan fingerprint density at radius 3 is 2.79 bits per heavy atom. The summed E-state index contributed by atoms with van der Waals surface area (Å²) in [5, 5.41) is 12.2. The van der Waals surface area contributed by atoms with E-state index in [1.807, 2.05) is 0 Å². The highest BCUT2D eigenvalue weighted by atomic mass is 32.1. The lowest BCUT2D eigenvalue weighted by atomic mass is 10.3. The second-order valence-electron chi connectivity index (χ2n) is 2.50. The van der Waals surface area contributed by atoms with E-state index in [9.17, 15) is 14.0 Å². The van der Waals surface area contributed by atoms with Gasteiger partial charge in [0, 0.05) is 0 Å². The second-order valence-corrected chi connectivity index (χ2v) is 3.44. The van der Waals surface area contributed by atoms with Gasteiger partial charge in [-0.05, 0) is 11.4 Å². The van der Waals surface area contributed by atoms with Gasteiger partial charge in [0.05, 0.1) is 4.88 Å². The summed E-state index contributed by atoms with van der Waals surface area (Å²) in [7, 11) is 0. The fraction of sp³-hybridized carbons (Fsp3) is 0.250. The largest absolute Gasteiger partial charge is 0.480 e. The lowest BCUT2D eigenvalue weighted by molar-refractivity contribution is -0.139. The molecule has 1 unspecified atom stereocenters. The Bertz CT molecular complexity index is 325. The minimum absolute atomic E-state index is 0.365. The monoisotopic (exact) mass is 217 g/mol. The molecule has 14 heavy (non-hydrogen) atoms. The van der Waals surface area contributed by atoms with Gasteiger partial charge in [0.25, 0.3) is 5.91 Å². The zero-order chi connectivity index (χ0) is 10.6. The molecule has 0 aliphatic heterocycles. The van der Waals surface area contributed by atoms with E-state index < -0.39 is 24.6 Å². The number of halogens is 1. The Morgan fingerprint density at radius 1 is 1.64 bits per heavy atom. The normalized spacial score (nSPS) is 12.1. The molecule has 0 aliphatic carbocycles. The molecule has 0 saturated heterocycles. The summed E-state index contributed by atoms with van der Waals surface area (Å²) in [6, 6.07) is 1.73. The van der Waals surface area contributed by atoms with E-state index >= 15 is 0 Å². The Labute approximate surface area is 83.4 Å². The molecular weight excluding hydrogens is 209 g/mol. The van der Waals surface area contributed by atoms with Crippen molar-refractivity contribution in [3.8, 4) is 0 Å². The number of carboxylic acids is 1. The highest BCUT2D eigenvalue weighted by Crippen LogP contribution is 2.08. The maximum Gasteiger partial charge on any atom is 0.328 e. The van der Waals surface area contributed by atoms with Crippen molar-refractivity contribution >= 4 is 23.2 Å². The molecule has 0 fully saturated rings. The highest BCUT2D eigenvalue weighted by molar-refractivity contribution is 7.12. The lowest BCUT2D eigenvalue weighted by Crippen LogP contribution is -2.42. The highest BCUT2D eigenvalue weighted by Gasteiger charge is 2.20. The van der Waals surface area contributed by atoms with Crippen LogP contribution in [-0.4, -0.2) is 29.7 Å². The summed E-state index contributed by atoms with van der Waals surface area (Å²) in [5.74, 6) is -1.94. The predicted molar refractivity (Wildman–Crippen MR) is 49.2 cm³/mol. The molecule has 0 aromatic carbocycles. The molecule has 0 bridgehead atoms. The third kappa shape index (κ3) is 2.53. The van der Waals surface area contributed by atoms with Gasteiger partial charge in [-0.3, -0.25) is 4.79 Å². The van der Waals surface area contributed by atoms with Crippen molar-refractivity contribution in [3.05, 3.63) is 22.4 Å². The molecule has 1 rings (SSSR count). The average molecular weight is 217 g/mol. The van der Waals surface area contributed by atoms with Gasteiger partial charge in [-0.1, -0.05) is 6.07 Å². The molecule has 1 aromatic heterocycles. The standard InChI is InChI=1S/C8H8FNO3S/c9-4-5(8(12)13)10-7(11)6-2-1-3-14-6/h1-3,5H,4H2,(H,10,11)(H,12,13). The summed E-state index contributed by atoms with van der Waals surface area (Å²) in [6.45, 7) is -1.12. The van der Waals surface area contributed by atoms with Gasteiger partial charge in [-0.2, -0.15) is 0 Å². The second kappa shape index (κ2) is 4.71. The molecule has 0 spiro atoms. The van der Waals surface area contributed by atoms with E-state index in [2.05, 4.69) is 5.32 Å². The number of hydrogen-bond donors (Lipinski definition) is 2. The van der Waals surface area contributed by atoms with Crippen LogP contribution in [0.4, 0.5) is 4.39 Å². The van der Waals surface area contributed by atoms with E-state index in [0.717, 1.165) is 0 Å². The zero-order valence-corrected chi connectivity index (χ0v) is 7.88. The van der Waals surface area contributed by atoms with Crippen molar-refractivity contribution < 1.29 is 19.1 Å². The zero-order valence-electron chi connectivity index (χ0n) is 7.07. The molecule has 0 radical (unpaired) electrons. The van der Waals surface area contributed by atoms with Crippen LogP contribution in [-0.2, 0) is 4.79 Å². The first-order valence-corrected chi connectivity index (χ1v) is 4.66. The number of carbonyl (C=O) groups excluding carboxylic acids is 1. The number of thiophene rings is 1. The number of amides is 1. The van der Waals surface area contributed by atoms with Crippen LogP contribution in [0, 0.1) is 0 Å². The van der Waals surface area contributed by atoms with Crippen molar-refractivity contribution in [1.29, 1.82) is 0 Å². The first-order valence-electron chi connectivity index (χ1n) is 3.78. The fourth-order valence-electron chi connectivity index (χ4n) is 0.803. The van der Waals surface area contributed by atoms with Crippen LogP contribution in [0.1, 0.15) is 9.67 Å². The Hall–Kier alpha value is -1.43. The van der Waals surface area contributed by atoms with Crippen LogP contribution in [0.25, 0.3) is 0 Å². The smallest absolute Gasteiger partial charge is 0.328 e. The number of hydrogen-bond acceptors (Lipinski definition) is 3. The summed E-state index contributed by atoms with van der Waals surface area (Å²) in [5.41, 5.74) is 0. The van der Waals surface area contributed by atoms with E-state index in [-0.39, 0.29) is 0 Å². The first kappa shape index (κ1) is 10.6. The Kier molecular flexibility index (Phi) is 3.58. The third-order valence-electron chi connectivity index (χ3n) is 1.50. The number of alkyl halides is 1. The summed E-state index contributed by atoms with van der Waals surface area (Å²) in [4.78, 5) is 22.0. The van der Waals surface area contributed by atoms with Crippen molar-refractivity contribution in [2.45, 2.75) is 6.04 Å². The minimum atomic E-state index is -1.47. The molecule has 2 N–H and O–H groups in total. The third-order valence-corrected chi connectivity index (χ3v) is 2.37. The molecule has 1 heterocycles. The molecule has 1 aromatic rings. The average Bonchev–Trinajstić information content (AvgIpc) is 2.65. The number of carbonyl (C=O) groups is 2. The van der Waals surface area contributed by atoms with E-state index in [4.69, 9.17) is 5.11 Å². The molecule has 4 nitrogen and oxygen atoms in total. The number of nitrogens with one attached hydrogen (secondary N) is 1. The number of rotatable bonds is 4. The topological polar surface area (TPSA) is 66.4 Å². The van der Waals surface area contributed by atoms with Crippen molar-refractivity contribution in [2.24, 2.45) is 0 Å². The summed E-state index contributed by atoms with van der Waals surface area (Å²) < 4.78 is 12.1. The predicted octanol–water partition coefficient (Wildman–Crippen LogP) is 0.901. The van der Waals surface area contributed by atoms with Crippen molar-refractivity contribution in [1.82, 2.24) is 5.32 Å². The number of carboxylic acid groups (broad SMARTS) is 1. The van der Waals surface area contributed by atoms with Crippen LogP contribution in [0.3, 0.4) is 0 Å². The minimum Gasteiger partial charge on any atom is -0.480 e. The van der Waals surface area contributed by atoms with Gasteiger partial charge >= 0.3 is 5.97 Å². The molecule has 76 valence electrons. The lowest BCUT2D eigenvalue weighted by Gasteiger charge is -2.08. The molecule has 6 heteroatoms. The maximum absolute atomic E-state index is 12.1. The maximum atomic E-state index is 12.1. The Balaban J connectivity index is 2.60. The van der Waals surface area contributed by atoms with E-state index in [1.54, 1.807) is 11.4 Å².